The minimum absolute atomic E-state index is 0.102. The molecule has 6 rings (SSSR count). The van der Waals surface area contributed by atoms with Crippen LogP contribution in [-0.4, -0.2) is 68.9 Å². The van der Waals surface area contributed by atoms with E-state index in [1.54, 1.807) is 104 Å². The Bertz CT molecular complexity index is 2960. The quantitative estimate of drug-likeness (QED) is 0.0428. The van der Waals surface area contributed by atoms with Crippen LogP contribution in [0.1, 0.15) is 118 Å². The van der Waals surface area contributed by atoms with Gasteiger partial charge in [0, 0.05) is 10.8 Å². The monoisotopic (exact) mass is 1100 g/mol. The van der Waals surface area contributed by atoms with Crippen LogP contribution < -0.4 is 18.9 Å². The van der Waals surface area contributed by atoms with Gasteiger partial charge < -0.3 is 38.6 Å². The summed E-state index contributed by atoms with van der Waals surface area (Å²) < 4.78 is 61.3. The van der Waals surface area contributed by atoms with Crippen LogP contribution in [0, 0.1) is 21.7 Å². The van der Waals surface area contributed by atoms with E-state index in [9.17, 15) is 27.6 Å². The Balaban J connectivity index is 1.00. The van der Waals surface area contributed by atoms with Crippen molar-refractivity contribution in [2.75, 3.05) is 26.4 Å². The molecular formula is C64H74O14S. The minimum atomic E-state index is -3.87. The second kappa shape index (κ2) is 24.4. The SMILES string of the molecule is CC(C)(CC(C)(C)C(=O)Oc1ccc(C(C)(C)c2ccc(Oc3ccc(S(=O)(=O)c4ccc(Oc5ccc(C(C)(C)c6ccc(OC(=O)C(C)(C)CC(C)(C)C(=O)OCCO)cc6)cc5)cc4)cc3)cc2)cc1)C(=O)OCCO. The van der Waals surface area contributed by atoms with Crippen LogP contribution in [-0.2, 0) is 49.3 Å². The molecule has 0 aliphatic heterocycles. The van der Waals surface area contributed by atoms with Gasteiger partial charge in [-0.25, -0.2) is 8.42 Å². The smallest absolute Gasteiger partial charge is 0.316 e. The average Bonchev–Trinajstić information content (AvgIpc) is 3.45. The number of carbonyl (C=O) groups is 4. The Morgan fingerprint density at radius 3 is 0.835 bits per heavy atom. The molecule has 0 aliphatic carbocycles. The third kappa shape index (κ3) is 15.1. The summed E-state index contributed by atoms with van der Waals surface area (Å²) in [6.45, 7) is 21.2. The van der Waals surface area contributed by atoms with Crippen molar-refractivity contribution in [2.45, 2.75) is 117 Å². The van der Waals surface area contributed by atoms with Crippen LogP contribution in [0.4, 0.5) is 0 Å². The number of benzene rings is 6. The Kier molecular flexibility index (Phi) is 18.8. The molecule has 14 nitrogen and oxygen atoms in total. The van der Waals surface area contributed by atoms with Gasteiger partial charge in [-0.1, -0.05) is 76.2 Å². The average molecular weight is 1100 g/mol. The lowest BCUT2D eigenvalue weighted by Crippen LogP contribution is -2.38. The van der Waals surface area contributed by atoms with Gasteiger partial charge in [0.2, 0.25) is 9.84 Å². The van der Waals surface area contributed by atoms with Crippen molar-refractivity contribution < 1.29 is 66.2 Å². The van der Waals surface area contributed by atoms with Crippen molar-refractivity contribution in [3.8, 4) is 34.5 Å². The molecule has 420 valence electrons. The summed E-state index contributed by atoms with van der Waals surface area (Å²) in [6.07, 6.45) is 0.360. The third-order valence-electron chi connectivity index (χ3n) is 14.1. The van der Waals surface area contributed by atoms with Gasteiger partial charge in [0.15, 0.2) is 0 Å². The Hall–Kier alpha value is -7.33. The van der Waals surface area contributed by atoms with Crippen molar-refractivity contribution in [1.29, 1.82) is 0 Å². The summed E-state index contributed by atoms with van der Waals surface area (Å²) >= 11 is 0. The number of ether oxygens (including phenoxy) is 6. The van der Waals surface area contributed by atoms with Crippen LogP contribution in [0.25, 0.3) is 0 Å². The van der Waals surface area contributed by atoms with E-state index < -0.39 is 66.2 Å². The van der Waals surface area contributed by atoms with E-state index in [4.69, 9.17) is 38.6 Å². The van der Waals surface area contributed by atoms with Crippen LogP contribution in [0.3, 0.4) is 0 Å². The molecular weight excluding hydrogens is 1020 g/mol. The van der Waals surface area contributed by atoms with E-state index in [0.29, 0.717) is 34.5 Å². The first kappa shape index (κ1) is 60.9. The molecule has 15 heteroatoms. The first-order valence-corrected chi connectivity index (χ1v) is 27.6. The van der Waals surface area contributed by atoms with Gasteiger partial charge >= 0.3 is 23.9 Å². The summed E-state index contributed by atoms with van der Waals surface area (Å²) in [5.41, 5.74) is -0.861. The number of esters is 4. The largest absolute Gasteiger partial charge is 0.463 e. The summed E-state index contributed by atoms with van der Waals surface area (Å²) in [6, 6.07) is 42.3. The van der Waals surface area contributed by atoms with Crippen molar-refractivity contribution >= 4 is 33.7 Å². The molecule has 0 amide bonds. The molecule has 0 saturated carbocycles. The van der Waals surface area contributed by atoms with Gasteiger partial charge in [-0.2, -0.15) is 0 Å². The predicted molar refractivity (Wildman–Crippen MR) is 300 cm³/mol. The van der Waals surface area contributed by atoms with E-state index in [-0.39, 0.29) is 49.1 Å². The Labute approximate surface area is 464 Å². The molecule has 0 radical (unpaired) electrons. The highest BCUT2D eigenvalue weighted by Gasteiger charge is 2.43. The zero-order chi connectivity index (χ0) is 58.2. The number of sulfone groups is 1. The highest BCUT2D eigenvalue weighted by atomic mass is 32.2. The third-order valence-corrected chi connectivity index (χ3v) is 15.9. The lowest BCUT2D eigenvalue weighted by molar-refractivity contribution is -0.160. The van der Waals surface area contributed by atoms with Gasteiger partial charge in [0.05, 0.1) is 44.7 Å². The van der Waals surface area contributed by atoms with E-state index in [1.807, 2.05) is 72.8 Å². The summed E-state index contributed by atoms with van der Waals surface area (Å²) in [5, 5.41) is 18.0. The van der Waals surface area contributed by atoms with Crippen molar-refractivity contribution in [2.24, 2.45) is 21.7 Å². The predicted octanol–water partition coefficient (Wildman–Crippen LogP) is 12.5. The van der Waals surface area contributed by atoms with Crippen LogP contribution in [0.2, 0.25) is 0 Å². The number of hydrogen-bond donors (Lipinski definition) is 2. The van der Waals surface area contributed by atoms with Gasteiger partial charge in [0.1, 0.15) is 47.7 Å². The second-order valence-corrected chi connectivity index (χ2v) is 25.3. The standard InChI is InChI=1S/C64H74O14S/c1-59(2,55(67)73-39-37-65)41-61(5,6)57(69)77-51-25-17-45(18-26-51)63(9,10)43-13-21-47(22-14-43)75-49-29-33-53(34-30-49)79(71,72)54-35-31-50(32-36-54)76-48-23-15-44(16-24-48)64(11,12)46-19-27-52(28-20-46)78-58(70)62(7,8)42-60(3,4)56(68)74-40-38-66/h13-36,65-66H,37-42H2,1-12H3. The molecule has 0 fully saturated rings. The molecule has 0 bridgehead atoms. The normalized spacial score (nSPS) is 12.5. The highest BCUT2D eigenvalue weighted by molar-refractivity contribution is 7.91. The number of aliphatic hydroxyl groups is 2. The zero-order valence-corrected chi connectivity index (χ0v) is 48.1. The molecule has 79 heavy (non-hydrogen) atoms. The molecule has 6 aromatic carbocycles. The van der Waals surface area contributed by atoms with E-state index in [0.717, 1.165) is 22.3 Å². The zero-order valence-electron chi connectivity index (χ0n) is 47.3. The lowest BCUT2D eigenvalue weighted by Gasteiger charge is -2.31. The maximum atomic E-state index is 13.7. The van der Waals surface area contributed by atoms with E-state index >= 15 is 0 Å². The fourth-order valence-corrected chi connectivity index (χ4v) is 10.8. The molecule has 0 spiro atoms. The molecule has 0 aliphatic rings. The fourth-order valence-electron chi connectivity index (χ4n) is 9.53. The van der Waals surface area contributed by atoms with Crippen LogP contribution >= 0.6 is 0 Å². The maximum absolute atomic E-state index is 13.7. The van der Waals surface area contributed by atoms with Crippen LogP contribution in [0.15, 0.2) is 155 Å². The number of rotatable bonds is 24. The first-order chi connectivity index (χ1) is 36.9. The number of carbonyl (C=O) groups excluding carboxylic acids is 4. The molecule has 6 aromatic rings. The Morgan fingerprint density at radius 2 is 0.582 bits per heavy atom. The molecule has 0 aromatic heterocycles. The summed E-state index contributed by atoms with van der Waals surface area (Å²) in [5.74, 6) is 0.822. The molecule has 0 atom stereocenters. The van der Waals surface area contributed by atoms with Crippen molar-refractivity contribution in [3.05, 3.63) is 168 Å². The van der Waals surface area contributed by atoms with Gasteiger partial charge in [-0.05, 0) is 188 Å². The van der Waals surface area contributed by atoms with Gasteiger partial charge in [-0.3, -0.25) is 19.2 Å². The van der Waals surface area contributed by atoms with Crippen LogP contribution in [0.5, 0.6) is 34.5 Å². The van der Waals surface area contributed by atoms with E-state index in [1.165, 1.54) is 24.3 Å². The molecule has 0 heterocycles. The van der Waals surface area contributed by atoms with Gasteiger partial charge in [-0.15, -0.1) is 0 Å². The van der Waals surface area contributed by atoms with Gasteiger partial charge in [0.25, 0.3) is 0 Å². The summed E-state index contributed by atoms with van der Waals surface area (Å²) in [7, 11) is -3.87. The maximum Gasteiger partial charge on any atom is 0.316 e. The minimum Gasteiger partial charge on any atom is -0.463 e. The fraction of sp³-hybridized carbons (Fsp3) is 0.375. The van der Waals surface area contributed by atoms with E-state index in [2.05, 4.69) is 27.7 Å². The van der Waals surface area contributed by atoms with Crippen molar-refractivity contribution in [1.82, 2.24) is 0 Å². The topological polar surface area (TPSA) is 198 Å². The molecule has 0 unspecified atom stereocenters. The summed E-state index contributed by atoms with van der Waals surface area (Å²) in [4.78, 5) is 51.7. The highest BCUT2D eigenvalue weighted by Crippen LogP contribution is 2.40. The molecule has 2 N–H and O–H groups in total. The number of aliphatic hydroxyl groups excluding tert-OH is 2. The second-order valence-electron chi connectivity index (χ2n) is 23.4. The first-order valence-electron chi connectivity index (χ1n) is 26.2. The lowest BCUT2D eigenvalue weighted by atomic mass is 9.75. The van der Waals surface area contributed by atoms with Crippen molar-refractivity contribution in [3.63, 3.8) is 0 Å². The Morgan fingerprint density at radius 1 is 0.354 bits per heavy atom. The number of hydrogen-bond acceptors (Lipinski definition) is 14. The molecule has 0 saturated heterocycles.